The van der Waals surface area contributed by atoms with Gasteiger partial charge in [-0.25, -0.2) is 4.79 Å². The van der Waals surface area contributed by atoms with E-state index in [9.17, 15) is 14.4 Å². The third-order valence-electron chi connectivity index (χ3n) is 10.2. The minimum atomic E-state index is -1.01. The Morgan fingerprint density at radius 2 is 1.77 bits per heavy atom. The van der Waals surface area contributed by atoms with E-state index >= 15 is 0 Å². The second-order valence-electron chi connectivity index (χ2n) is 14.2. The van der Waals surface area contributed by atoms with Gasteiger partial charge in [0.15, 0.2) is 0 Å². The van der Waals surface area contributed by atoms with Crippen molar-refractivity contribution < 1.29 is 23.7 Å². The van der Waals surface area contributed by atoms with Crippen molar-refractivity contribution in [2.75, 3.05) is 13.1 Å². The molecule has 6 atom stereocenters. The van der Waals surface area contributed by atoms with Gasteiger partial charge in [0, 0.05) is 12.1 Å². The second kappa shape index (κ2) is 13.6. The Labute approximate surface area is 258 Å². The highest BCUT2D eigenvalue weighted by Gasteiger charge is 2.68. The number of unbranched alkanes of at least 4 members (excludes halogenated alkanes) is 1. The minimum absolute atomic E-state index is 0.00783. The summed E-state index contributed by atoms with van der Waals surface area (Å²) in [6.07, 6.45) is 6.54. The highest BCUT2D eigenvalue weighted by atomic mass is 16.7. The summed E-state index contributed by atoms with van der Waals surface area (Å²) in [5.74, 6) is 0.104. The van der Waals surface area contributed by atoms with Gasteiger partial charge in [0.2, 0.25) is 5.91 Å². The lowest BCUT2D eigenvalue weighted by atomic mass is 9.43. The first-order valence-corrected chi connectivity index (χ1v) is 16.4. The Hall–Kier alpha value is -2.59. The maximum absolute atomic E-state index is 13.9. The molecule has 1 aliphatic heterocycles. The maximum atomic E-state index is 13.9. The third kappa shape index (κ3) is 7.22. The fourth-order valence-electron chi connectivity index (χ4n) is 7.52. The van der Waals surface area contributed by atoms with Gasteiger partial charge < -0.3 is 30.6 Å². The van der Waals surface area contributed by atoms with Crippen LogP contribution in [0.4, 0.5) is 4.79 Å². The molecule has 238 valence electrons. The second-order valence-corrected chi connectivity index (χ2v) is 14.2. The molecule has 43 heavy (non-hydrogen) atoms. The van der Waals surface area contributed by atoms with Gasteiger partial charge in [-0.05, 0) is 86.3 Å². The zero-order valence-corrected chi connectivity index (χ0v) is 27.3. The number of nitrogens with one attached hydrogen (secondary N) is 2. The van der Waals surface area contributed by atoms with Gasteiger partial charge in [0.1, 0.15) is 6.04 Å². The molecule has 1 heterocycles. The average molecular weight is 597 g/mol. The summed E-state index contributed by atoms with van der Waals surface area (Å²) in [4.78, 5) is 40.9. The summed E-state index contributed by atoms with van der Waals surface area (Å²) in [6, 6.07) is 5.83. The first-order chi connectivity index (χ1) is 20.3. The smallest absolute Gasteiger partial charge is 0.404 e. The molecular weight excluding hydrogens is 543 g/mol. The fourth-order valence-corrected chi connectivity index (χ4v) is 7.52. The molecule has 0 aromatic heterocycles. The molecule has 0 unspecified atom stereocenters. The fraction of sp³-hybridized carbons (Fsp3) is 0.727. The van der Waals surface area contributed by atoms with E-state index in [0.717, 1.165) is 32.1 Å². The molecule has 1 saturated heterocycles. The minimum Gasteiger partial charge on any atom is -0.404 e. The molecule has 5 rings (SSSR count). The Kier molecular flexibility index (Phi) is 10.5. The quantitative estimate of drug-likeness (QED) is 0.269. The summed E-state index contributed by atoms with van der Waals surface area (Å²) >= 11 is 0. The molecule has 9 nitrogen and oxygen atoms in total. The zero-order valence-electron chi connectivity index (χ0n) is 27.3. The van der Waals surface area contributed by atoms with Crippen LogP contribution < -0.4 is 16.4 Å². The Morgan fingerprint density at radius 3 is 2.35 bits per heavy atom. The van der Waals surface area contributed by atoms with Crippen LogP contribution >= 0.6 is 0 Å². The van der Waals surface area contributed by atoms with Crippen LogP contribution in [0.15, 0.2) is 24.3 Å². The van der Waals surface area contributed by atoms with E-state index in [2.05, 4.69) is 52.2 Å². The lowest BCUT2D eigenvalue weighted by molar-refractivity contribution is -0.199. The molecule has 4 N–H and O–H groups in total. The van der Waals surface area contributed by atoms with E-state index in [0.29, 0.717) is 36.8 Å². The number of benzene rings is 1. The topological polar surface area (TPSA) is 123 Å². The van der Waals surface area contributed by atoms with Crippen molar-refractivity contribution in [1.82, 2.24) is 15.5 Å². The van der Waals surface area contributed by atoms with Gasteiger partial charge in [-0.3, -0.25) is 9.59 Å². The lowest BCUT2D eigenvalue weighted by Gasteiger charge is -2.64. The van der Waals surface area contributed by atoms with E-state index in [-0.39, 0.29) is 29.9 Å². The standard InChI is InChI=1S/C33H53BN4O5/c1-8-10-11-22-12-14-23(15-13-22)29(39)36-25(20-38(16-9-2)31(35)41)30(40)37-28(17-21(3)4)34-42-27-19-24-18-26(32(24,5)6)33(27,7)43-34/h12-15,21,24-28H,8-11,16-20H2,1-7H3,(H2,35,41)(H,36,39)(H,37,40)/t24-,25-,26-,27+,28-,33-/m0/s1. The first kappa shape index (κ1) is 33.3. The van der Waals surface area contributed by atoms with Crippen LogP contribution in [0.1, 0.15) is 103 Å². The van der Waals surface area contributed by atoms with E-state index < -0.39 is 36.6 Å². The number of rotatable bonds is 14. The Morgan fingerprint density at radius 1 is 1.07 bits per heavy atom. The van der Waals surface area contributed by atoms with Gasteiger partial charge >= 0.3 is 13.1 Å². The summed E-state index contributed by atoms with van der Waals surface area (Å²) in [7, 11) is -0.591. The lowest BCUT2D eigenvalue weighted by Crippen LogP contribution is -2.65. The molecule has 0 spiro atoms. The molecule has 3 aliphatic carbocycles. The van der Waals surface area contributed by atoms with Crippen molar-refractivity contribution >= 4 is 25.0 Å². The summed E-state index contributed by atoms with van der Waals surface area (Å²) < 4.78 is 13.3. The monoisotopic (exact) mass is 596 g/mol. The summed E-state index contributed by atoms with van der Waals surface area (Å²) in [5.41, 5.74) is 7.09. The number of urea groups is 1. The van der Waals surface area contributed by atoms with Gasteiger partial charge in [0.05, 0.1) is 24.2 Å². The number of aryl methyl sites for hydroxylation is 1. The number of hydrogen-bond acceptors (Lipinski definition) is 5. The number of hydrogen-bond donors (Lipinski definition) is 3. The molecule has 1 aromatic rings. The first-order valence-electron chi connectivity index (χ1n) is 16.4. The summed E-state index contributed by atoms with van der Waals surface area (Å²) in [6.45, 7) is 15.4. The van der Waals surface area contributed by atoms with Crippen LogP contribution in [0.2, 0.25) is 0 Å². The number of amides is 4. The van der Waals surface area contributed by atoms with Gasteiger partial charge in [-0.15, -0.1) is 0 Å². The average Bonchev–Trinajstić information content (AvgIpc) is 3.32. The molecule has 10 heteroatoms. The van der Waals surface area contributed by atoms with Crippen LogP contribution in [0.5, 0.6) is 0 Å². The van der Waals surface area contributed by atoms with Crippen LogP contribution in [-0.4, -0.2) is 66.6 Å². The molecule has 2 bridgehead atoms. The van der Waals surface area contributed by atoms with Crippen LogP contribution in [-0.2, 0) is 20.5 Å². The molecule has 4 amide bonds. The van der Waals surface area contributed by atoms with E-state index in [4.69, 9.17) is 15.0 Å². The Bertz CT molecular complexity index is 1140. The van der Waals surface area contributed by atoms with Crippen LogP contribution in [0.3, 0.4) is 0 Å². The van der Waals surface area contributed by atoms with Crippen molar-refractivity contribution in [2.45, 2.75) is 117 Å². The van der Waals surface area contributed by atoms with Crippen molar-refractivity contribution in [1.29, 1.82) is 0 Å². The SMILES string of the molecule is CCCCc1ccc(C(=O)N[C@@H](CN(CCC)C(N)=O)C(=O)N[C@@H](CC(C)C)B2O[C@@H]3C[C@@H]4C[C@@H](C4(C)C)[C@]3(C)O2)cc1. The third-order valence-corrected chi connectivity index (χ3v) is 10.2. The largest absolute Gasteiger partial charge is 0.481 e. The van der Waals surface area contributed by atoms with E-state index in [1.165, 1.54) is 10.5 Å². The van der Waals surface area contributed by atoms with Crippen molar-refractivity contribution in [2.24, 2.45) is 28.9 Å². The van der Waals surface area contributed by atoms with Gasteiger partial charge in [-0.1, -0.05) is 60.1 Å². The van der Waals surface area contributed by atoms with Gasteiger partial charge in [-0.2, -0.15) is 0 Å². The normalized spacial score (nSPS) is 26.7. The molecular formula is C33H53BN4O5. The highest BCUT2D eigenvalue weighted by molar-refractivity contribution is 6.48. The number of carbonyl (C=O) groups is 3. The highest BCUT2D eigenvalue weighted by Crippen LogP contribution is 2.65. The molecule has 4 aliphatic rings. The number of primary amides is 1. The molecule has 1 aromatic carbocycles. The van der Waals surface area contributed by atoms with Crippen molar-refractivity contribution in [3.05, 3.63) is 35.4 Å². The van der Waals surface area contributed by atoms with E-state index in [1.807, 2.05) is 19.1 Å². The number of nitrogens with two attached hydrogens (primary N) is 1. The molecule has 0 radical (unpaired) electrons. The molecule has 3 saturated carbocycles. The van der Waals surface area contributed by atoms with Crippen LogP contribution in [0, 0.1) is 23.2 Å². The summed E-state index contributed by atoms with van der Waals surface area (Å²) in [5, 5.41) is 6.05. The Balaban J connectivity index is 1.51. The molecule has 4 fully saturated rings. The number of nitrogens with zero attached hydrogens (tertiary/aromatic N) is 1. The van der Waals surface area contributed by atoms with Crippen molar-refractivity contribution in [3.63, 3.8) is 0 Å². The number of carbonyl (C=O) groups excluding carboxylic acids is 3. The maximum Gasteiger partial charge on any atom is 0.481 e. The predicted octanol–water partition coefficient (Wildman–Crippen LogP) is 4.72. The van der Waals surface area contributed by atoms with Gasteiger partial charge in [0.25, 0.3) is 5.91 Å². The zero-order chi connectivity index (χ0) is 31.5. The van der Waals surface area contributed by atoms with Crippen molar-refractivity contribution in [3.8, 4) is 0 Å². The van der Waals surface area contributed by atoms with Crippen LogP contribution in [0.25, 0.3) is 0 Å². The van der Waals surface area contributed by atoms with E-state index in [1.54, 1.807) is 12.1 Å². The predicted molar refractivity (Wildman–Crippen MR) is 169 cm³/mol.